The molecule has 0 aromatic carbocycles. The van der Waals surface area contributed by atoms with Gasteiger partial charge in [-0.05, 0) is 32.6 Å². The van der Waals surface area contributed by atoms with Crippen molar-refractivity contribution in [3.05, 3.63) is 0 Å². The molecule has 0 saturated carbocycles. The summed E-state index contributed by atoms with van der Waals surface area (Å²) in [6.07, 6.45) is 5.38. The first-order chi connectivity index (χ1) is 6.92. The molecule has 2 aliphatic heterocycles. The van der Waals surface area contributed by atoms with Crippen molar-refractivity contribution in [3.8, 4) is 0 Å². The average Bonchev–Trinajstić information content (AvgIpc) is 2.87. The van der Waals surface area contributed by atoms with E-state index in [4.69, 9.17) is 0 Å². The van der Waals surface area contributed by atoms with Gasteiger partial charge in [-0.2, -0.15) is 0 Å². The molecule has 80 valence electrons. The highest BCUT2D eigenvalue weighted by atomic mass is 15.4. The lowest BCUT2D eigenvalue weighted by Gasteiger charge is -2.28. The molecule has 0 atom stereocenters. The standard InChI is InChI=1S/C11H21N3/c1-2-12-11(13-7-3-4-8-13)14-9-5-6-10-14/h2-10H2,1H3. The molecule has 2 rings (SSSR count). The molecular formula is C11H21N3. The Morgan fingerprint density at radius 3 is 1.71 bits per heavy atom. The molecule has 3 heteroatoms. The Labute approximate surface area is 86.8 Å². The predicted octanol–water partition coefficient (Wildman–Crippen LogP) is 1.55. The van der Waals surface area contributed by atoms with Gasteiger partial charge >= 0.3 is 0 Å². The van der Waals surface area contributed by atoms with Gasteiger partial charge in [0.05, 0.1) is 0 Å². The van der Waals surface area contributed by atoms with E-state index in [9.17, 15) is 0 Å². The Morgan fingerprint density at radius 1 is 0.929 bits per heavy atom. The summed E-state index contributed by atoms with van der Waals surface area (Å²) in [6, 6.07) is 0. The molecule has 0 unspecified atom stereocenters. The molecule has 2 heterocycles. The van der Waals surface area contributed by atoms with Crippen molar-refractivity contribution in [2.45, 2.75) is 32.6 Å². The van der Waals surface area contributed by atoms with Crippen molar-refractivity contribution in [2.24, 2.45) is 4.99 Å². The molecule has 3 nitrogen and oxygen atoms in total. The molecule has 2 fully saturated rings. The summed E-state index contributed by atoms with van der Waals surface area (Å²) in [7, 11) is 0. The van der Waals surface area contributed by atoms with Gasteiger partial charge in [0.25, 0.3) is 0 Å². The molecule has 0 N–H and O–H groups in total. The maximum absolute atomic E-state index is 4.66. The van der Waals surface area contributed by atoms with Crippen LogP contribution >= 0.6 is 0 Å². The lowest BCUT2D eigenvalue weighted by molar-refractivity contribution is 0.393. The van der Waals surface area contributed by atoms with Gasteiger partial charge in [-0.25, -0.2) is 0 Å². The number of hydrogen-bond acceptors (Lipinski definition) is 1. The third-order valence-corrected chi connectivity index (χ3v) is 3.08. The van der Waals surface area contributed by atoms with Crippen molar-refractivity contribution in [3.63, 3.8) is 0 Å². The molecule has 2 aliphatic rings. The Bertz CT molecular complexity index is 183. The van der Waals surface area contributed by atoms with E-state index in [1.54, 1.807) is 0 Å². The monoisotopic (exact) mass is 195 g/mol. The van der Waals surface area contributed by atoms with Crippen LogP contribution in [0.1, 0.15) is 32.6 Å². The first kappa shape index (κ1) is 9.81. The molecule has 14 heavy (non-hydrogen) atoms. The molecule has 0 aromatic heterocycles. The minimum absolute atomic E-state index is 0.919. The lowest BCUT2D eigenvalue weighted by atomic mass is 10.4. The van der Waals surface area contributed by atoms with Crippen LogP contribution in [0.25, 0.3) is 0 Å². The van der Waals surface area contributed by atoms with E-state index in [-0.39, 0.29) is 0 Å². The highest BCUT2D eigenvalue weighted by Crippen LogP contribution is 2.15. The number of guanidine groups is 1. The summed E-state index contributed by atoms with van der Waals surface area (Å²) in [6.45, 7) is 7.92. The lowest BCUT2D eigenvalue weighted by Crippen LogP contribution is -2.41. The summed E-state index contributed by atoms with van der Waals surface area (Å²) in [5.41, 5.74) is 0. The molecule has 0 aromatic rings. The Kier molecular flexibility index (Phi) is 3.27. The van der Waals surface area contributed by atoms with Gasteiger partial charge in [-0.15, -0.1) is 0 Å². The topological polar surface area (TPSA) is 18.8 Å². The van der Waals surface area contributed by atoms with Gasteiger partial charge < -0.3 is 9.80 Å². The molecular weight excluding hydrogens is 174 g/mol. The molecule has 0 radical (unpaired) electrons. The van der Waals surface area contributed by atoms with Crippen LogP contribution in [0.2, 0.25) is 0 Å². The quantitative estimate of drug-likeness (QED) is 0.467. The fourth-order valence-corrected chi connectivity index (χ4v) is 2.38. The number of rotatable bonds is 1. The van der Waals surface area contributed by atoms with Crippen molar-refractivity contribution in [1.29, 1.82) is 0 Å². The van der Waals surface area contributed by atoms with Crippen LogP contribution in [0.15, 0.2) is 4.99 Å². The first-order valence-corrected chi connectivity index (χ1v) is 5.96. The highest BCUT2D eigenvalue weighted by Gasteiger charge is 2.23. The molecule has 2 saturated heterocycles. The zero-order valence-corrected chi connectivity index (χ0v) is 9.21. The summed E-state index contributed by atoms with van der Waals surface area (Å²) in [5, 5.41) is 0. The minimum Gasteiger partial charge on any atom is -0.343 e. The second-order valence-corrected chi connectivity index (χ2v) is 4.16. The van der Waals surface area contributed by atoms with Crippen LogP contribution < -0.4 is 0 Å². The molecule has 0 spiro atoms. The van der Waals surface area contributed by atoms with Crippen LogP contribution in [0, 0.1) is 0 Å². The number of aliphatic imine (C=N–C) groups is 1. The van der Waals surface area contributed by atoms with Crippen LogP contribution in [-0.4, -0.2) is 48.5 Å². The van der Waals surface area contributed by atoms with Crippen LogP contribution in [0.5, 0.6) is 0 Å². The zero-order valence-electron chi connectivity index (χ0n) is 9.21. The number of nitrogens with zero attached hydrogens (tertiary/aromatic N) is 3. The van der Waals surface area contributed by atoms with E-state index >= 15 is 0 Å². The fourth-order valence-electron chi connectivity index (χ4n) is 2.38. The third kappa shape index (κ3) is 2.02. The van der Waals surface area contributed by atoms with Crippen molar-refractivity contribution >= 4 is 5.96 Å². The van der Waals surface area contributed by atoms with Gasteiger partial charge in [-0.1, -0.05) is 0 Å². The summed E-state index contributed by atoms with van der Waals surface area (Å²) < 4.78 is 0. The van der Waals surface area contributed by atoms with Crippen LogP contribution in [-0.2, 0) is 0 Å². The third-order valence-electron chi connectivity index (χ3n) is 3.08. The molecule has 0 aliphatic carbocycles. The van der Waals surface area contributed by atoms with Crippen molar-refractivity contribution in [1.82, 2.24) is 9.80 Å². The van der Waals surface area contributed by atoms with E-state index in [2.05, 4.69) is 21.7 Å². The summed E-state index contributed by atoms with van der Waals surface area (Å²) in [5.74, 6) is 1.28. The van der Waals surface area contributed by atoms with Crippen molar-refractivity contribution in [2.75, 3.05) is 32.7 Å². The van der Waals surface area contributed by atoms with Gasteiger partial charge in [0.1, 0.15) is 0 Å². The Hall–Kier alpha value is -0.730. The summed E-state index contributed by atoms with van der Waals surface area (Å²) in [4.78, 5) is 9.59. The maximum Gasteiger partial charge on any atom is 0.196 e. The average molecular weight is 195 g/mol. The fraction of sp³-hybridized carbons (Fsp3) is 0.909. The normalized spacial score (nSPS) is 21.8. The predicted molar refractivity (Wildman–Crippen MR) is 59.6 cm³/mol. The van der Waals surface area contributed by atoms with Crippen LogP contribution in [0.4, 0.5) is 0 Å². The number of likely N-dealkylation sites (tertiary alicyclic amines) is 2. The second-order valence-electron chi connectivity index (χ2n) is 4.16. The van der Waals surface area contributed by atoms with Crippen LogP contribution in [0.3, 0.4) is 0 Å². The minimum atomic E-state index is 0.919. The van der Waals surface area contributed by atoms with E-state index in [0.29, 0.717) is 0 Å². The van der Waals surface area contributed by atoms with E-state index in [1.165, 1.54) is 57.8 Å². The SMILES string of the molecule is CCN=C(N1CCCC1)N1CCCC1. The van der Waals surface area contributed by atoms with E-state index < -0.39 is 0 Å². The molecule has 0 bridgehead atoms. The largest absolute Gasteiger partial charge is 0.343 e. The Balaban J connectivity index is 2.02. The first-order valence-electron chi connectivity index (χ1n) is 5.96. The van der Waals surface area contributed by atoms with Gasteiger partial charge in [0, 0.05) is 32.7 Å². The summed E-state index contributed by atoms with van der Waals surface area (Å²) >= 11 is 0. The van der Waals surface area contributed by atoms with E-state index in [0.717, 1.165) is 6.54 Å². The maximum atomic E-state index is 4.66. The smallest absolute Gasteiger partial charge is 0.196 e. The Morgan fingerprint density at radius 2 is 1.36 bits per heavy atom. The van der Waals surface area contributed by atoms with Gasteiger partial charge in [0.2, 0.25) is 0 Å². The number of hydrogen-bond donors (Lipinski definition) is 0. The van der Waals surface area contributed by atoms with Gasteiger partial charge in [0.15, 0.2) is 5.96 Å². The second kappa shape index (κ2) is 4.67. The highest BCUT2D eigenvalue weighted by molar-refractivity contribution is 5.80. The van der Waals surface area contributed by atoms with Crippen molar-refractivity contribution < 1.29 is 0 Å². The zero-order chi connectivity index (χ0) is 9.80. The molecule has 0 amide bonds. The van der Waals surface area contributed by atoms with Gasteiger partial charge in [-0.3, -0.25) is 4.99 Å². The van der Waals surface area contributed by atoms with E-state index in [1.807, 2.05) is 0 Å².